The number of rotatable bonds is 7. The van der Waals surface area contributed by atoms with E-state index in [1.54, 1.807) is 6.92 Å². The zero-order valence-electron chi connectivity index (χ0n) is 14.4. The molecule has 1 atom stereocenters. The Labute approximate surface area is 153 Å². The van der Waals surface area contributed by atoms with Gasteiger partial charge in [0.2, 0.25) is 0 Å². The fourth-order valence-electron chi connectivity index (χ4n) is 2.83. The fraction of sp³-hybridized carbons (Fsp3) is 0.100. The molecule has 0 fully saturated rings. The highest BCUT2D eigenvalue weighted by atomic mass is 31.2. The van der Waals surface area contributed by atoms with Gasteiger partial charge in [-0.05, 0) is 6.92 Å². The molecule has 0 saturated heterocycles. The van der Waals surface area contributed by atoms with Crippen LogP contribution in [0, 0.1) is 0 Å². The molecule has 0 amide bonds. The third kappa shape index (κ3) is 3.78. The zero-order valence-corrected chi connectivity index (χ0v) is 15.3. The van der Waals surface area contributed by atoms with Crippen LogP contribution in [-0.4, -0.2) is 6.61 Å². The Balaban J connectivity index is 2.30. The van der Waals surface area contributed by atoms with Gasteiger partial charge < -0.3 is 9.42 Å². The molecule has 0 aromatic heterocycles. The van der Waals surface area contributed by atoms with Gasteiger partial charge >= 0.3 is 7.82 Å². The first-order valence-corrected chi connectivity index (χ1v) is 9.77. The van der Waals surface area contributed by atoms with Gasteiger partial charge in [-0.1, -0.05) is 59.2 Å². The van der Waals surface area contributed by atoms with Crippen LogP contribution in [0.15, 0.2) is 91.0 Å². The summed E-state index contributed by atoms with van der Waals surface area (Å²) in [4.78, 5) is 12.5. The van der Waals surface area contributed by atoms with Crippen LogP contribution in [0.1, 0.15) is 6.92 Å². The Morgan fingerprint density at radius 3 is 1.42 bits per heavy atom. The molecule has 6 heteroatoms. The molecular weight excluding hydrogens is 349 g/mol. The van der Waals surface area contributed by atoms with Crippen molar-refractivity contribution in [1.82, 2.24) is 4.65 Å². The highest BCUT2D eigenvalue weighted by Gasteiger charge is 2.43. The quantitative estimate of drug-likeness (QED) is 0.330. The lowest BCUT2D eigenvalue weighted by Crippen LogP contribution is -2.39. The molecule has 3 aromatic carbocycles. The van der Waals surface area contributed by atoms with Crippen LogP contribution in [-0.2, 0) is 13.7 Å². The summed E-state index contributed by atoms with van der Waals surface area (Å²) in [7, 11) is -4.59. The number of nitrogens with zero attached hydrogens (tertiary/aromatic N) is 1. The standard InChI is InChI=1S/C20H20NO4P/c1-2-24-26(22,23)25-21(18-12-6-3-7-13-18,19-14-8-4-9-15-19)20-16-10-5-11-17-20/h3-17H,2H2,1H3. The van der Waals surface area contributed by atoms with E-state index in [9.17, 15) is 9.46 Å². The average Bonchev–Trinajstić information content (AvgIpc) is 2.68. The smallest absolute Gasteiger partial charge is 0.326 e. The Hall–Kier alpha value is -2.27. The molecule has 0 heterocycles. The number of para-hydroxylation sites is 3. The molecule has 0 saturated carbocycles. The van der Waals surface area contributed by atoms with Crippen LogP contribution in [0.5, 0.6) is 0 Å². The molecule has 0 aliphatic rings. The van der Waals surface area contributed by atoms with Gasteiger partial charge in [-0.15, -0.1) is 4.62 Å². The van der Waals surface area contributed by atoms with E-state index in [4.69, 9.17) is 9.15 Å². The maximum Gasteiger partial charge on any atom is 0.326 e. The van der Waals surface area contributed by atoms with Gasteiger partial charge in [-0.3, -0.25) is 4.57 Å². The highest BCUT2D eigenvalue weighted by molar-refractivity contribution is 7.45. The molecule has 26 heavy (non-hydrogen) atoms. The lowest BCUT2D eigenvalue weighted by Gasteiger charge is -2.37. The Morgan fingerprint density at radius 2 is 1.12 bits per heavy atom. The van der Waals surface area contributed by atoms with Crippen LogP contribution in [0.4, 0.5) is 17.1 Å². The summed E-state index contributed by atoms with van der Waals surface area (Å²) in [6.07, 6.45) is 0. The minimum Gasteiger partial charge on any atom is -0.752 e. The van der Waals surface area contributed by atoms with Crippen LogP contribution in [0.2, 0.25) is 0 Å². The first-order chi connectivity index (χ1) is 12.6. The summed E-state index contributed by atoms with van der Waals surface area (Å²) in [5, 5.41) is 0. The largest absolute Gasteiger partial charge is 0.752 e. The first-order valence-electron chi connectivity index (χ1n) is 8.31. The van der Waals surface area contributed by atoms with Crippen LogP contribution < -0.4 is 9.54 Å². The average molecular weight is 369 g/mol. The van der Waals surface area contributed by atoms with Crippen LogP contribution in [0.25, 0.3) is 0 Å². The second-order valence-corrected chi connectivity index (χ2v) is 6.88. The summed E-state index contributed by atoms with van der Waals surface area (Å²) in [6, 6.07) is 27.6. The molecule has 5 nitrogen and oxygen atoms in total. The third-order valence-corrected chi connectivity index (χ3v) is 4.89. The number of hydrogen-bond acceptors (Lipinski definition) is 4. The summed E-state index contributed by atoms with van der Waals surface area (Å²) in [6.45, 7) is 1.61. The van der Waals surface area contributed by atoms with Crippen molar-refractivity contribution < 1.29 is 18.6 Å². The van der Waals surface area contributed by atoms with Gasteiger partial charge in [0, 0.05) is 36.4 Å². The molecule has 0 radical (unpaired) electrons. The maximum absolute atomic E-state index is 12.5. The summed E-state index contributed by atoms with van der Waals surface area (Å²) >= 11 is 0. The van der Waals surface area contributed by atoms with Crippen molar-refractivity contribution in [2.75, 3.05) is 6.61 Å². The summed E-state index contributed by atoms with van der Waals surface area (Å²) in [5.41, 5.74) is 1.92. The van der Waals surface area contributed by atoms with E-state index >= 15 is 0 Å². The molecule has 1 unspecified atom stereocenters. The molecule has 3 rings (SSSR count). The van der Waals surface area contributed by atoms with Crippen LogP contribution >= 0.6 is 7.82 Å². The van der Waals surface area contributed by atoms with E-state index < -0.39 is 12.5 Å². The molecule has 3 aromatic rings. The second-order valence-electron chi connectivity index (χ2n) is 5.56. The maximum atomic E-state index is 12.5. The van der Waals surface area contributed by atoms with Crippen molar-refractivity contribution in [2.24, 2.45) is 0 Å². The van der Waals surface area contributed by atoms with Crippen molar-refractivity contribution in [3.05, 3.63) is 91.0 Å². The summed E-state index contributed by atoms with van der Waals surface area (Å²) < 4.78 is 22.7. The molecular formula is C20H20NO4P. The summed E-state index contributed by atoms with van der Waals surface area (Å²) in [5.74, 6) is 0. The van der Waals surface area contributed by atoms with Crippen LogP contribution in [0.3, 0.4) is 0 Å². The van der Waals surface area contributed by atoms with Gasteiger partial charge in [0.15, 0.2) is 17.1 Å². The first kappa shape index (κ1) is 18.5. The van der Waals surface area contributed by atoms with Crippen molar-refractivity contribution in [1.29, 1.82) is 0 Å². The van der Waals surface area contributed by atoms with Crippen molar-refractivity contribution in [3.8, 4) is 0 Å². The lowest BCUT2D eigenvalue weighted by molar-refractivity contribution is -0.240. The van der Waals surface area contributed by atoms with E-state index in [2.05, 4.69) is 0 Å². The topological polar surface area (TPSA) is 58.6 Å². The van der Waals surface area contributed by atoms with E-state index in [0.29, 0.717) is 17.1 Å². The van der Waals surface area contributed by atoms with Gasteiger partial charge in [0.1, 0.15) is 0 Å². The highest BCUT2D eigenvalue weighted by Crippen LogP contribution is 2.53. The normalized spacial score (nSPS) is 13.9. The van der Waals surface area contributed by atoms with Gasteiger partial charge in [-0.2, -0.15) is 0 Å². The van der Waals surface area contributed by atoms with Gasteiger partial charge in [0.05, 0.1) is 6.61 Å². The number of quaternary nitrogens is 1. The molecule has 0 bridgehead atoms. The monoisotopic (exact) mass is 369 g/mol. The number of phosphoric ester groups is 1. The third-order valence-electron chi connectivity index (χ3n) is 3.87. The van der Waals surface area contributed by atoms with E-state index in [1.165, 1.54) is 0 Å². The Kier molecular flexibility index (Phi) is 5.67. The van der Waals surface area contributed by atoms with Crippen molar-refractivity contribution >= 4 is 24.9 Å². The van der Waals surface area contributed by atoms with Crippen molar-refractivity contribution in [3.63, 3.8) is 0 Å². The lowest BCUT2D eigenvalue weighted by atomic mass is 10.2. The Morgan fingerprint density at radius 1 is 0.769 bits per heavy atom. The second kappa shape index (κ2) is 7.96. The Bertz CT molecular complexity index is 775. The van der Waals surface area contributed by atoms with E-state index in [-0.39, 0.29) is 6.61 Å². The molecule has 0 aliphatic carbocycles. The number of hydrogen-bond donors (Lipinski definition) is 0. The minimum absolute atomic E-state index is 0.000846. The van der Waals surface area contributed by atoms with E-state index in [1.807, 2.05) is 91.0 Å². The minimum atomic E-state index is -4.59. The van der Waals surface area contributed by atoms with Crippen molar-refractivity contribution in [2.45, 2.75) is 6.92 Å². The van der Waals surface area contributed by atoms with Gasteiger partial charge in [-0.25, -0.2) is 0 Å². The number of phosphoric acid groups is 1. The molecule has 0 aliphatic heterocycles. The molecule has 134 valence electrons. The number of benzene rings is 3. The molecule has 0 N–H and O–H groups in total. The SMILES string of the molecule is CCOP(=O)([O-])O[N+](c1ccccc1)(c1ccccc1)c1ccccc1. The predicted octanol–water partition coefficient (Wildman–Crippen LogP) is 5.09. The zero-order chi connectivity index (χ0) is 18.5. The fourth-order valence-corrected chi connectivity index (χ4v) is 3.78. The molecule has 0 spiro atoms. The van der Waals surface area contributed by atoms with Gasteiger partial charge in [0.25, 0.3) is 0 Å². The predicted molar refractivity (Wildman–Crippen MR) is 101 cm³/mol. The van der Waals surface area contributed by atoms with E-state index in [0.717, 1.165) is 0 Å².